The maximum Gasteiger partial charge on any atom is 0.0700 e. The molecule has 1 atom stereocenters. The molecule has 1 saturated heterocycles. The Morgan fingerprint density at radius 2 is 2.38 bits per heavy atom. The molecule has 1 heterocycles. The van der Waals surface area contributed by atoms with Gasteiger partial charge in [-0.15, -0.1) is 0 Å². The molecule has 0 amide bonds. The van der Waals surface area contributed by atoms with E-state index in [4.69, 9.17) is 4.74 Å². The summed E-state index contributed by atoms with van der Waals surface area (Å²) in [6.07, 6.45) is 2.83. The first kappa shape index (κ1) is 12.1. The van der Waals surface area contributed by atoms with E-state index >= 15 is 0 Å². The lowest BCUT2D eigenvalue weighted by Gasteiger charge is -2.12. The van der Waals surface area contributed by atoms with Crippen molar-refractivity contribution in [2.24, 2.45) is 0 Å². The summed E-state index contributed by atoms with van der Waals surface area (Å²) in [4.78, 5) is 0. The average Bonchev–Trinajstić information content (AvgIpc) is 2.77. The van der Waals surface area contributed by atoms with Crippen LogP contribution in [0.1, 0.15) is 24.0 Å². The fourth-order valence-electron chi connectivity index (χ4n) is 2.02. The molecule has 0 aliphatic carbocycles. The van der Waals surface area contributed by atoms with Gasteiger partial charge in [0.1, 0.15) is 0 Å². The van der Waals surface area contributed by atoms with Crippen LogP contribution < -0.4 is 5.32 Å². The summed E-state index contributed by atoms with van der Waals surface area (Å²) in [6, 6.07) is 6.37. The lowest BCUT2D eigenvalue weighted by Crippen LogP contribution is -2.25. The third kappa shape index (κ3) is 3.06. The zero-order chi connectivity index (χ0) is 11.4. The van der Waals surface area contributed by atoms with Gasteiger partial charge in [0.15, 0.2) is 0 Å². The second-order valence-electron chi connectivity index (χ2n) is 4.31. The Morgan fingerprint density at radius 1 is 1.50 bits per heavy atom. The predicted molar refractivity (Wildman–Crippen MR) is 69.6 cm³/mol. The molecule has 16 heavy (non-hydrogen) atoms. The molecular formula is C13H18BrNO. The number of benzene rings is 1. The minimum absolute atomic E-state index is 0.420. The Labute approximate surface area is 106 Å². The quantitative estimate of drug-likeness (QED) is 0.917. The van der Waals surface area contributed by atoms with Crippen LogP contribution in [-0.4, -0.2) is 19.3 Å². The standard InChI is InChI=1S/C13H18BrNO/c1-10-4-2-5-11(13(10)14)8-15-9-12-6-3-7-16-12/h2,4-5,12,15H,3,6-9H2,1H3. The molecule has 1 aliphatic heterocycles. The van der Waals surface area contributed by atoms with Gasteiger partial charge in [-0.2, -0.15) is 0 Å². The highest BCUT2D eigenvalue weighted by molar-refractivity contribution is 9.10. The van der Waals surface area contributed by atoms with Gasteiger partial charge in [-0.3, -0.25) is 0 Å². The molecule has 0 aromatic heterocycles. The first-order valence-corrected chi connectivity index (χ1v) is 6.63. The third-order valence-corrected chi connectivity index (χ3v) is 4.12. The fourth-order valence-corrected chi connectivity index (χ4v) is 2.42. The van der Waals surface area contributed by atoms with Crippen LogP contribution >= 0.6 is 15.9 Å². The van der Waals surface area contributed by atoms with Gasteiger partial charge >= 0.3 is 0 Å². The van der Waals surface area contributed by atoms with E-state index in [0.29, 0.717) is 6.10 Å². The topological polar surface area (TPSA) is 21.3 Å². The molecule has 1 aromatic rings. The highest BCUT2D eigenvalue weighted by Gasteiger charge is 2.14. The van der Waals surface area contributed by atoms with Crippen molar-refractivity contribution in [2.75, 3.05) is 13.2 Å². The minimum Gasteiger partial charge on any atom is -0.377 e. The molecule has 88 valence electrons. The van der Waals surface area contributed by atoms with E-state index in [2.05, 4.69) is 46.4 Å². The third-order valence-electron chi connectivity index (χ3n) is 2.98. The Balaban J connectivity index is 1.82. The zero-order valence-corrected chi connectivity index (χ0v) is 11.2. The lowest BCUT2D eigenvalue weighted by atomic mass is 10.1. The van der Waals surface area contributed by atoms with E-state index in [9.17, 15) is 0 Å². The number of halogens is 1. The van der Waals surface area contributed by atoms with Crippen molar-refractivity contribution in [3.05, 3.63) is 33.8 Å². The molecule has 2 rings (SSSR count). The molecule has 0 radical (unpaired) electrons. The van der Waals surface area contributed by atoms with Gasteiger partial charge in [0, 0.05) is 24.2 Å². The summed E-state index contributed by atoms with van der Waals surface area (Å²) in [5.74, 6) is 0. The molecule has 2 nitrogen and oxygen atoms in total. The number of hydrogen-bond donors (Lipinski definition) is 1. The maximum atomic E-state index is 5.57. The Hall–Kier alpha value is -0.380. The Kier molecular flexibility index (Phi) is 4.38. The number of rotatable bonds is 4. The smallest absolute Gasteiger partial charge is 0.0700 e. The maximum absolute atomic E-state index is 5.57. The van der Waals surface area contributed by atoms with Crippen LogP contribution in [0.5, 0.6) is 0 Å². The van der Waals surface area contributed by atoms with Crippen LogP contribution in [0.2, 0.25) is 0 Å². The SMILES string of the molecule is Cc1cccc(CNCC2CCCO2)c1Br. The van der Waals surface area contributed by atoms with Crippen molar-refractivity contribution in [2.45, 2.75) is 32.4 Å². The summed E-state index contributed by atoms with van der Waals surface area (Å²) in [5, 5.41) is 3.46. The van der Waals surface area contributed by atoms with Crippen LogP contribution in [0.3, 0.4) is 0 Å². The molecule has 0 bridgehead atoms. The first-order valence-electron chi connectivity index (χ1n) is 5.83. The van der Waals surface area contributed by atoms with E-state index in [-0.39, 0.29) is 0 Å². The Morgan fingerprint density at radius 3 is 3.12 bits per heavy atom. The second-order valence-corrected chi connectivity index (χ2v) is 5.11. The van der Waals surface area contributed by atoms with Crippen molar-refractivity contribution in [1.29, 1.82) is 0 Å². The average molecular weight is 284 g/mol. The van der Waals surface area contributed by atoms with Gasteiger partial charge < -0.3 is 10.1 Å². The van der Waals surface area contributed by atoms with E-state index in [0.717, 1.165) is 19.7 Å². The van der Waals surface area contributed by atoms with E-state index in [1.54, 1.807) is 0 Å². The second kappa shape index (κ2) is 5.80. The zero-order valence-electron chi connectivity index (χ0n) is 9.63. The number of nitrogens with one attached hydrogen (secondary N) is 1. The molecule has 1 fully saturated rings. The lowest BCUT2D eigenvalue weighted by molar-refractivity contribution is 0.110. The van der Waals surface area contributed by atoms with Gasteiger partial charge in [-0.25, -0.2) is 0 Å². The Bertz CT molecular complexity index is 348. The van der Waals surface area contributed by atoms with Crippen molar-refractivity contribution < 1.29 is 4.74 Å². The molecular weight excluding hydrogens is 266 g/mol. The number of ether oxygens (including phenoxy) is 1. The van der Waals surface area contributed by atoms with Crippen molar-refractivity contribution in [3.63, 3.8) is 0 Å². The van der Waals surface area contributed by atoms with Gasteiger partial charge in [0.2, 0.25) is 0 Å². The molecule has 1 aliphatic rings. The molecule has 3 heteroatoms. The molecule has 1 aromatic carbocycles. The van der Waals surface area contributed by atoms with E-state index < -0.39 is 0 Å². The number of hydrogen-bond acceptors (Lipinski definition) is 2. The van der Waals surface area contributed by atoms with E-state index in [1.165, 1.54) is 28.4 Å². The largest absolute Gasteiger partial charge is 0.377 e. The van der Waals surface area contributed by atoms with Crippen LogP contribution in [-0.2, 0) is 11.3 Å². The van der Waals surface area contributed by atoms with Crippen LogP contribution in [0.15, 0.2) is 22.7 Å². The molecule has 1 N–H and O–H groups in total. The van der Waals surface area contributed by atoms with Gasteiger partial charge in [-0.1, -0.05) is 34.1 Å². The summed E-state index contributed by atoms with van der Waals surface area (Å²) in [7, 11) is 0. The molecule has 0 spiro atoms. The summed E-state index contributed by atoms with van der Waals surface area (Å²) >= 11 is 3.62. The van der Waals surface area contributed by atoms with Crippen LogP contribution in [0.25, 0.3) is 0 Å². The van der Waals surface area contributed by atoms with Gasteiger partial charge in [0.25, 0.3) is 0 Å². The molecule has 1 unspecified atom stereocenters. The van der Waals surface area contributed by atoms with Crippen molar-refractivity contribution in [3.8, 4) is 0 Å². The van der Waals surface area contributed by atoms with Gasteiger partial charge in [-0.05, 0) is 30.9 Å². The summed E-state index contributed by atoms with van der Waals surface area (Å²) in [5.41, 5.74) is 2.61. The highest BCUT2D eigenvalue weighted by atomic mass is 79.9. The monoisotopic (exact) mass is 283 g/mol. The van der Waals surface area contributed by atoms with Crippen molar-refractivity contribution in [1.82, 2.24) is 5.32 Å². The number of aryl methyl sites for hydroxylation is 1. The van der Waals surface area contributed by atoms with Crippen molar-refractivity contribution >= 4 is 15.9 Å². The predicted octanol–water partition coefficient (Wildman–Crippen LogP) is 3.03. The normalized spacial score (nSPS) is 20.2. The van der Waals surface area contributed by atoms with Crippen LogP contribution in [0, 0.1) is 6.92 Å². The fraction of sp³-hybridized carbons (Fsp3) is 0.538. The van der Waals surface area contributed by atoms with E-state index in [1.807, 2.05) is 0 Å². The highest BCUT2D eigenvalue weighted by Crippen LogP contribution is 2.20. The molecule has 0 saturated carbocycles. The van der Waals surface area contributed by atoms with Crippen LogP contribution in [0.4, 0.5) is 0 Å². The van der Waals surface area contributed by atoms with Gasteiger partial charge in [0.05, 0.1) is 6.10 Å². The summed E-state index contributed by atoms with van der Waals surface area (Å²) in [6.45, 7) is 4.91. The first-order chi connectivity index (χ1) is 7.77. The minimum atomic E-state index is 0.420. The summed E-state index contributed by atoms with van der Waals surface area (Å²) < 4.78 is 6.79.